The zero-order chi connectivity index (χ0) is 19.7. The molecule has 1 N–H and O–H groups in total. The van der Waals surface area contributed by atoms with Gasteiger partial charge in [-0.3, -0.25) is 14.7 Å². The monoisotopic (exact) mass is 374 g/mol. The van der Waals surface area contributed by atoms with Gasteiger partial charge in [0.1, 0.15) is 0 Å². The maximum atomic E-state index is 11.7. The van der Waals surface area contributed by atoms with Crippen LogP contribution >= 0.6 is 0 Å². The molecule has 2 atom stereocenters. The summed E-state index contributed by atoms with van der Waals surface area (Å²) < 4.78 is 0. The van der Waals surface area contributed by atoms with Gasteiger partial charge in [0.05, 0.1) is 17.5 Å². The van der Waals surface area contributed by atoms with Crippen molar-refractivity contribution in [3.8, 4) is 0 Å². The molecule has 0 aliphatic carbocycles. The number of aromatic nitrogens is 1. The van der Waals surface area contributed by atoms with Crippen molar-refractivity contribution in [3.05, 3.63) is 77.0 Å². The van der Waals surface area contributed by atoms with Crippen molar-refractivity contribution in [1.29, 1.82) is 0 Å². The van der Waals surface area contributed by atoms with E-state index in [1.165, 1.54) is 22.3 Å². The number of carbonyl (C=O) groups is 1. The van der Waals surface area contributed by atoms with Gasteiger partial charge in [-0.1, -0.05) is 47.5 Å². The summed E-state index contributed by atoms with van der Waals surface area (Å²) in [5.74, 6) is -1.00. The lowest BCUT2D eigenvalue weighted by molar-refractivity contribution is -0.143. The Kier molecular flexibility index (Phi) is 5.14. The fraction of sp³-hybridized carbons (Fsp3) is 0.333. The molecule has 144 valence electrons. The average molecular weight is 374 g/mol. The molecule has 1 aromatic heterocycles. The lowest BCUT2D eigenvalue weighted by atomic mass is 9.89. The molecule has 28 heavy (non-hydrogen) atoms. The van der Waals surface area contributed by atoms with Crippen molar-refractivity contribution in [2.24, 2.45) is 5.92 Å². The standard InChI is InChI=1S/C24H26N2O2/c1-16-12-17(2)14-19(13-16)23(26-11-5-6-18(15-26)24(27)28)21-9-10-25-22-8-4-3-7-20(21)22/h3-4,7-10,12-14,18,23H,5-6,11,15H2,1-2H3,(H,27,28). The fourth-order valence-corrected chi connectivity index (χ4v) is 4.55. The van der Waals surface area contributed by atoms with Crippen LogP contribution in [0.25, 0.3) is 10.9 Å². The van der Waals surface area contributed by atoms with Gasteiger partial charge >= 0.3 is 5.97 Å². The first-order chi connectivity index (χ1) is 13.5. The highest BCUT2D eigenvalue weighted by atomic mass is 16.4. The number of aryl methyl sites for hydroxylation is 2. The number of rotatable bonds is 4. The molecule has 4 nitrogen and oxygen atoms in total. The molecule has 2 unspecified atom stereocenters. The molecule has 1 fully saturated rings. The second kappa shape index (κ2) is 7.72. The molecule has 1 aliphatic heterocycles. The van der Waals surface area contributed by atoms with E-state index in [1.807, 2.05) is 24.4 Å². The third kappa shape index (κ3) is 3.65. The average Bonchev–Trinajstić information content (AvgIpc) is 2.68. The molecule has 0 saturated carbocycles. The van der Waals surface area contributed by atoms with Gasteiger partial charge in [0.15, 0.2) is 0 Å². The Labute approximate surface area is 165 Å². The van der Waals surface area contributed by atoms with E-state index in [-0.39, 0.29) is 12.0 Å². The first kappa shape index (κ1) is 18.6. The number of hydrogen-bond donors (Lipinski definition) is 1. The van der Waals surface area contributed by atoms with E-state index in [9.17, 15) is 9.90 Å². The molecule has 0 radical (unpaired) electrons. The van der Waals surface area contributed by atoms with Gasteiger partial charge in [0.25, 0.3) is 0 Å². The largest absolute Gasteiger partial charge is 0.481 e. The lowest BCUT2D eigenvalue weighted by Gasteiger charge is -2.38. The first-order valence-electron chi connectivity index (χ1n) is 9.91. The van der Waals surface area contributed by atoms with Crippen LogP contribution in [0, 0.1) is 19.8 Å². The van der Waals surface area contributed by atoms with Crippen LogP contribution in [0.4, 0.5) is 0 Å². The van der Waals surface area contributed by atoms with Crippen molar-refractivity contribution in [3.63, 3.8) is 0 Å². The second-order valence-electron chi connectivity index (χ2n) is 7.91. The minimum absolute atomic E-state index is 0.0219. The molecule has 4 rings (SSSR count). The Morgan fingerprint density at radius 3 is 2.64 bits per heavy atom. The molecule has 0 amide bonds. The number of aliphatic carboxylic acids is 1. The molecule has 2 heterocycles. The molecule has 0 bridgehead atoms. The SMILES string of the molecule is Cc1cc(C)cc(C(c2ccnc3ccccc23)N2CCCC(C(=O)O)C2)c1. The van der Waals surface area contributed by atoms with Gasteiger partial charge in [-0.15, -0.1) is 0 Å². The lowest BCUT2D eigenvalue weighted by Crippen LogP contribution is -2.41. The van der Waals surface area contributed by atoms with Gasteiger partial charge in [0, 0.05) is 18.1 Å². The zero-order valence-corrected chi connectivity index (χ0v) is 16.4. The van der Waals surface area contributed by atoms with Gasteiger partial charge in [-0.25, -0.2) is 0 Å². The molecule has 1 aliphatic rings. The normalized spacial score (nSPS) is 18.9. The van der Waals surface area contributed by atoms with E-state index in [2.05, 4.69) is 54.1 Å². The molecule has 0 spiro atoms. The Bertz CT molecular complexity index is 989. The second-order valence-corrected chi connectivity index (χ2v) is 7.91. The van der Waals surface area contributed by atoms with Crippen LogP contribution in [-0.4, -0.2) is 34.0 Å². The molecule has 1 saturated heterocycles. The van der Waals surface area contributed by atoms with Crippen LogP contribution in [0.5, 0.6) is 0 Å². The van der Waals surface area contributed by atoms with Crippen LogP contribution in [0.3, 0.4) is 0 Å². The Hall–Kier alpha value is -2.72. The van der Waals surface area contributed by atoms with E-state index in [0.717, 1.165) is 30.3 Å². The summed E-state index contributed by atoms with van der Waals surface area (Å²) in [5.41, 5.74) is 5.85. The van der Waals surface area contributed by atoms with Crippen LogP contribution in [-0.2, 0) is 4.79 Å². The highest BCUT2D eigenvalue weighted by molar-refractivity contribution is 5.83. The Morgan fingerprint density at radius 2 is 1.89 bits per heavy atom. The predicted molar refractivity (Wildman–Crippen MR) is 111 cm³/mol. The third-order valence-electron chi connectivity index (χ3n) is 5.70. The van der Waals surface area contributed by atoms with E-state index >= 15 is 0 Å². The number of piperidine rings is 1. The Morgan fingerprint density at radius 1 is 1.14 bits per heavy atom. The summed E-state index contributed by atoms with van der Waals surface area (Å²) in [4.78, 5) is 18.6. The Balaban J connectivity index is 1.87. The van der Waals surface area contributed by atoms with Gasteiger partial charge < -0.3 is 5.11 Å². The van der Waals surface area contributed by atoms with Gasteiger partial charge in [-0.05, 0) is 56.5 Å². The van der Waals surface area contributed by atoms with Crippen molar-refractivity contribution < 1.29 is 9.90 Å². The number of pyridine rings is 1. The first-order valence-corrected chi connectivity index (χ1v) is 9.91. The number of benzene rings is 2. The third-order valence-corrected chi connectivity index (χ3v) is 5.70. The van der Waals surface area contributed by atoms with E-state index in [4.69, 9.17) is 0 Å². The van der Waals surface area contributed by atoms with Crippen molar-refractivity contribution in [1.82, 2.24) is 9.88 Å². The smallest absolute Gasteiger partial charge is 0.307 e. The number of fused-ring (bicyclic) bond motifs is 1. The molecular weight excluding hydrogens is 348 g/mol. The molecule has 3 aromatic rings. The van der Waals surface area contributed by atoms with Crippen molar-refractivity contribution >= 4 is 16.9 Å². The van der Waals surface area contributed by atoms with Gasteiger partial charge in [0.2, 0.25) is 0 Å². The van der Waals surface area contributed by atoms with E-state index in [0.29, 0.717) is 6.54 Å². The van der Waals surface area contributed by atoms with E-state index in [1.54, 1.807) is 0 Å². The summed E-state index contributed by atoms with van der Waals surface area (Å²) in [5, 5.41) is 10.7. The van der Waals surface area contributed by atoms with E-state index < -0.39 is 5.97 Å². The predicted octanol–water partition coefficient (Wildman–Crippen LogP) is 4.74. The maximum absolute atomic E-state index is 11.7. The number of carboxylic acids is 1. The van der Waals surface area contributed by atoms with Crippen LogP contribution in [0.1, 0.15) is 41.1 Å². The fourth-order valence-electron chi connectivity index (χ4n) is 4.55. The van der Waals surface area contributed by atoms with Crippen LogP contribution < -0.4 is 0 Å². The van der Waals surface area contributed by atoms with Gasteiger partial charge in [-0.2, -0.15) is 0 Å². The summed E-state index contributed by atoms with van der Waals surface area (Å²) in [6.45, 7) is 5.71. The number of nitrogens with zero attached hydrogens (tertiary/aromatic N) is 2. The molecule has 4 heteroatoms. The van der Waals surface area contributed by atoms with Crippen LogP contribution in [0.15, 0.2) is 54.7 Å². The topological polar surface area (TPSA) is 53.4 Å². The number of hydrogen-bond acceptors (Lipinski definition) is 3. The number of carboxylic acid groups (broad SMARTS) is 1. The van der Waals surface area contributed by atoms with Crippen molar-refractivity contribution in [2.75, 3.05) is 13.1 Å². The summed E-state index contributed by atoms with van der Waals surface area (Å²) in [6, 6.07) is 17.0. The maximum Gasteiger partial charge on any atom is 0.307 e. The summed E-state index contributed by atoms with van der Waals surface area (Å²) >= 11 is 0. The zero-order valence-electron chi connectivity index (χ0n) is 16.4. The number of para-hydroxylation sites is 1. The van der Waals surface area contributed by atoms with Crippen molar-refractivity contribution in [2.45, 2.75) is 32.7 Å². The minimum Gasteiger partial charge on any atom is -0.481 e. The van der Waals surface area contributed by atoms with Crippen LogP contribution in [0.2, 0.25) is 0 Å². The highest BCUT2D eigenvalue weighted by Crippen LogP contribution is 2.36. The summed E-state index contributed by atoms with van der Waals surface area (Å²) in [7, 11) is 0. The number of likely N-dealkylation sites (tertiary alicyclic amines) is 1. The molecular formula is C24H26N2O2. The minimum atomic E-state index is -0.691. The highest BCUT2D eigenvalue weighted by Gasteiger charge is 2.32. The summed E-state index contributed by atoms with van der Waals surface area (Å²) in [6.07, 6.45) is 3.52. The quantitative estimate of drug-likeness (QED) is 0.717. The molecule has 2 aromatic carbocycles.